The first-order chi connectivity index (χ1) is 15.7. The summed E-state index contributed by atoms with van der Waals surface area (Å²) in [6, 6.07) is 18.2. The van der Waals surface area contributed by atoms with E-state index in [9.17, 15) is 0 Å². The van der Waals surface area contributed by atoms with Crippen molar-refractivity contribution in [3.63, 3.8) is 0 Å². The number of hydrogen-bond donors (Lipinski definition) is 0. The second kappa shape index (κ2) is 10.6. The van der Waals surface area contributed by atoms with Crippen LogP contribution in [0.15, 0.2) is 67.0 Å². The molecule has 5 nitrogen and oxygen atoms in total. The Kier molecular flexibility index (Phi) is 7.40. The molecule has 0 saturated heterocycles. The Hall–Kier alpha value is -2.89. The number of fused-ring (bicyclic) bond motifs is 1. The van der Waals surface area contributed by atoms with Crippen molar-refractivity contribution in [3.05, 3.63) is 87.3 Å². The molecule has 0 spiro atoms. The van der Waals surface area contributed by atoms with Crippen molar-refractivity contribution < 1.29 is 9.47 Å². The quantitative estimate of drug-likeness (QED) is 0.211. The number of aromatic nitrogens is 3. The Balaban J connectivity index is 1.61. The number of nitrogens with zero attached hydrogens (tertiary/aromatic N) is 3. The van der Waals surface area contributed by atoms with Crippen molar-refractivity contribution in [2.45, 2.75) is 39.7 Å². The highest BCUT2D eigenvalue weighted by atomic mass is 127. The van der Waals surface area contributed by atoms with Crippen LogP contribution in [-0.4, -0.2) is 14.8 Å². The summed E-state index contributed by atoms with van der Waals surface area (Å²) in [4.78, 5) is 4.33. The number of halogens is 1. The minimum absolute atomic E-state index is 0.217. The van der Waals surface area contributed by atoms with E-state index in [4.69, 9.17) is 9.47 Å². The molecule has 2 aromatic heterocycles. The maximum Gasteiger partial charge on any atom is 0.227 e. The average Bonchev–Trinajstić information content (AvgIpc) is 3.24. The Morgan fingerprint density at radius 1 is 1.09 bits per heavy atom. The van der Waals surface area contributed by atoms with E-state index >= 15 is 0 Å². The van der Waals surface area contributed by atoms with Gasteiger partial charge in [-0.05, 0) is 59.3 Å². The molecule has 0 aliphatic carbocycles. The van der Waals surface area contributed by atoms with Gasteiger partial charge in [0.05, 0.1) is 21.9 Å². The fraction of sp³-hybridized carbons (Fsp3) is 0.231. The van der Waals surface area contributed by atoms with Crippen LogP contribution in [0.4, 0.5) is 0 Å². The summed E-state index contributed by atoms with van der Waals surface area (Å²) in [6.07, 6.45) is 4.17. The lowest BCUT2D eigenvalue weighted by molar-refractivity contribution is -0.00109. The largest absolute Gasteiger partial charge is 0.472 e. The molecule has 4 aromatic rings. The molecular weight excluding hydrogens is 513 g/mol. The number of pyridine rings is 1. The minimum atomic E-state index is -0.217. The number of benzene rings is 2. The van der Waals surface area contributed by atoms with Gasteiger partial charge in [-0.1, -0.05) is 49.1 Å². The third-order valence-corrected chi connectivity index (χ3v) is 5.81. The van der Waals surface area contributed by atoms with Crippen LogP contribution in [-0.2, 0) is 18.0 Å². The molecule has 0 radical (unpaired) electrons. The highest BCUT2D eigenvalue weighted by molar-refractivity contribution is 14.1. The van der Waals surface area contributed by atoms with Gasteiger partial charge in [0, 0.05) is 29.1 Å². The maximum absolute atomic E-state index is 6.09. The standard InChI is InChI=1S/C26H24IN3O2/c1-3-4-11-21-14-22-16-29-30(19(2)31-17-20-9-6-5-7-10-20)25(22)15-23(21)18-32-26-24(27)12-8-13-28-26/h5-10,12-16,19H,3,17-18H2,1-2H3. The lowest BCUT2D eigenvalue weighted by atomic mass is 10.1. The lowest BCUT2D eigenvalue weighted by Gasteiger charge is -2.16. The normalized spacial score (nSPS) is 11.7. The van der Waals surface area contributed by atoms with Crippen LogP contribution in [0.3, 0.4) is 0 Å². The second-order valence-corrected chi connectivity index (χ2v) is 8.45. The zero-order valence-electron chi connectivity index (χ0n) is 18.1. The van der Waals surface area contributed by atoms with Crippen LogP contribution >= 0.6 is 22.6 Å². The minimum Gasteiger partial charge on any atom is -0.472 e. The molecule has 1 unspecified atom stereocenters. The molecule has 0 bridgehead atoms. The maximum atomic E-state index is 6.09. The Bertz CT molecular complexity index is 1260. The zero-order valence-corrected chi connectivity index (χ0v) is 20.2. The summed E-state index contributed by atoms with van der Waals surface area (Å²) in [5.74, 6) is 7.06. The van der Waals surface area contributed by atoms with Gasteiger partial charge in [0.25, 0.3) is 0 Å². The van der Waals surface area contributed by atoms with Crippen LogP contribution in [0.25, 0.3) is 10.9 Å². The molecule has 162 valence electrons. The molecule has 6 heteroatoms. The molecule has 1 atom stereocenters. The summed E-state index contributed by atoms with van der Waals surface area (Å²) in [7, 11) is 0. The third-order valence-electron chi connectivity index (χ3n) is 4.99. The summed E-state index contributed by atoms with van der Waals surface area (Å²) in [5.41, 5.74) is 4.06. The fourth-order valence-electron chi connectivity index (χ4n) is 3.33. The monoisotopic (exact) mass is 537 g/mol. The van der Waals surface area contributed by atoms with E-state index < -0.39 is 0 Å². The molecule has 0 N–H and O–H groups in total. The first-order valence-corrected chi connectivity index (χ1v) is 11.6. The fourth-order valence-corrected chi connectivity index (χ4v) is 3.83. The molecular formula is C26H24IN3O2. The van der Waals surface area contributed by atoms with Crippen LogP contribution in [0, 0.1) is 15.4 Å². The molecule has 0 saturated carbocycles. The van der Waals surface area contributed by atoms with Gasteiger partial charge in [-0.15, -0.1) is 0 Å². The highest BCUT2D eigenvalue weighted by Gasteiger charge is 2.14. The van der Waals surface area contributed by atoms with Gasteiger partial charge in [0.2, 0.25) is 5.88 Å². The SMILES string of the molecule is CCC#Cc1cc2cnn(C(C)OCc3ccccc3)c2cc1COc1ncccc1I. The van der Waals surface area contributed by atoms with Crippen LogP contribution in [0.5, 0.6) is 5.88 Å². The van der Waals surface area contributed by atoms with E-state index in [2.05, 4.69) is 68.8 Å². The van der Waals surface area contributed by atoms with Crippen LogP contribution < -0.4 is 4.74 Å². The zero-order chi connectivity index (χ0) is 22.3. The second-order valence-electron chi connectivity index (χ2n) is 7.29. The summed E-state index contributed by atoms with van der Waals surface area (Å²) >= 11 is 2.23. The van der Waals surface area contributed by atoms with E-state index in [-0.39, 0.29) is 6.23 Å². The van der Waals surface area contributed by atoms with Crippen molar-refractivity contribution in [1.29, 1.82) is 0 Å². The summed E-state index contributed by atoms with van der Waals surface area (Å²) in [6.45, 7) is 4.95. The number of rotatable bonds is 7. The molecule has 0 fully saturated rings. The van der Waals surface area contributed by atoms with Gasteiger partial charge >= 0.3 is 0 Å². The third kappa shape index (κ3) is 5.29. The van der Waals surface area contributed by atoms with E-state index in [0.717, 1.165) is 37.6 Å². The first-order valence-electron chi connectivity index (χ1n) is 10.5. The van der Waals surface area contributed by atoms with Gasteiger partial charge in [0.15, 0.2) is 0 Å². The molecule has 32 heavy (non-hydrogen) atoms. The lowest BCUT2D eigenvalue weighted by Crippen LogP contribution is -2.11. The average molecular weight is 537 g/mol. The topological polar surface area (TPSA) is 49.2 Å². The van der Waals surface area contributed by atoms with E-state index in [0.29, 0.717) is 19.1 Å². The Labute approximate surface area is 201 Å². The summed E-state index contributed by atoms with van der Waals surface area (Å²) < 4.78 is 15.0. The predicted molar refractivity (Wildman–Crippen MR) is 134 cm³/mol. The van der Waals surface area contributed by atoms with Gasteiger partial charge in [-0.3, -0.25) is 0 Å². The summed E-state index contributed by atoms with van der Waals surface area (Å²) in [5, 5.41) is 5.62. The predicted octanol–water partition coefficient (Wildman–Crippen LogP) is 6.11. The van der Waals surface area contributed by atoms with Gasteiger partial charge < -0.3 is 9.47 Å². The molecule has 4 rings (SSSR count). The van der Waals surface area contributed by atoms with Crippen molar-refractivity contribution in [2.24, 2.45) is 0 Å². The van der Waals surface area contributed by atoms with Gasteiger partial charge in [-0.25, -0.2) is 9.67 Å². The van der Waals surface area contributed by atoms with E-state index in [1.54, 1.807) is 6.20 Å². The van der Waals surface area contributed by atoms with Crippen molar-refractivity contribution in [1.82, 2.24) is 14.8 Å². The first kappa shape index (κ1) is 22.3. The smallest absolute Gasteiger partial charge is 0.227 e. The molecule has 0 aliphatic heterocycles. The van der Waals surface area contributed by atoms with Crippen molar-refractivity contribution in [2.75, 3.05) is 0 Å². The van der Waals surface area contributed by atoms with E-state index in [1.807, 2.05) is 55.1 Å². The molecule has 2 heterocycles. The van der Waals surface area contributed by atoms with Gasteiger partial charge in [0.1, 0.15) is 12.8 Å². The molecule has 0 amide bonds. The number of hydrogen-bond acceptors (Lipinski definition) is 4. The highest BCUT2D eigenvalue weighted by Crippen LogP contribution is 2.25. The Morgan fingerprint density at radius 3 is 2.72 bits per heavy atom. The van der Waals surface area contributed by atoms with Crippen molar-refractivity contribution in [3.8, 4) is 17.7 Å². The Morgan fingerprint density at radius 2 is 1.94 bits per heavy atom. The van der Waals surface area contributed by atoms with Crippen LogP contribution in [0.2, 0.25) is 0 Å². The van der Waals surface area contributed by atoms with Crippen LogP contribution in [0.1, 0.15) is 43.2 Å². The van der Waals surface area contributed by atoms with Crippen molar-refractivity contribution >= 4 is 33.5 Å². The molecule has 2 aromatic carbocycles. The van der Waals surface area contributed by atoms with E-state index in [1.165, 1.54) is 0 Å². The molecule has 0 aliphatic rings. The van der Waals surface area contributed by atoms with Gasteiger partial charge in [-0.2, -0.15) is 5.10 Å². The number of ether oxygens (including phenoxy) is 2.